The summed E-state index contributed by atoms with van der Waals surface area (Å²) >= 11 is 0. The van der Waals surface area contributed by atoms with Gasteiger partial charge < -0.3 is 14.8 Å². The molecule has 4 heteroatoms. The van der Waals surface area contributed by atoms with Crippen molar-refractivity contribution in [1.82, 2.24) is 5.32 Å². The first-order valence-corrected chi connectivity index (χ1v) is 6.04. The summed E-state index contributed by atoms with van der Waals surface area (Å²) in [5.41, 5.74) is 0.706. The van der Waals surface area contributed by atoms with Crippen LogP contribution >= 0.6 is 0 Å². The minimum atomic E-state index is -0.255. The molecule has 0 aromatic heterocycles. The van der Waals surface area contributed by atoms with Crippen LogP contribution in [-0.4, -0.2) is 37.9 Å². The predicted molar refractivity (Wildman–Crippen MR) is 66.7 cm³/mol. The first kappa shape index (κ1) is 13.9. The van der Waals surface area contributed by atoms with Gasteiger partial charge in [-0.25, -0.2) is 4.79 Å². The smallest absolute Gasteiger partial charge is 0.333 e. The average molecular weight is 239 g/mol. The fourth-order valence-corrected chi connectivity index (χ4v) is 1.92. The number of esters is 1. The molecule has 2 aliphatic rings. The Morgan fingerprint density at radius 2 is 2.35 bits per heavy atom. The van der Waals surface area contributed by atoms with E-state index < -0.39 is 0 Å². The number of ether oxygens (including phenoxy) is 2. The van der Waals surface area contributed by atoms with Crippen LogP contribution in [0.25, 0.3) is 0 Å². The van der Waals surface area contributed by atoms with Gasteiger partial charge in [-0.2, -0.15) is 0 Å². The lowest BCUT2D eigenvalue weighted by atomic mass is 9.97. The molecule has 4 nitrogen and oxygen atoms in total. The first-order chi connectivity index (χ1) is 8.26. The van der Waals surface area contributed by atoms with Gasteiger partial charge in [0.05, 0.1) is 25.9 Å². The Morgan fingerprint density at radius 1 is 1.65 bits per heavy atom. The van der Waals surface area contributed by atoms with Crippen LogP contribution in [0.4, 0.5) is 0 Å². The number of methoxy groups -OCH3 is 1. The molecule has 0 spiro atoms. The molecule has 0 radical (unpaired) electrons. The summed E-state index contributed by atoms with van der Waals surface area (Å²) in [6.45, 7) is 8.10. The van der Waals surface area contributed by atoms with Crippen LogP contribution in [0.15, 0.2) is 24.3 Å². The Kier molecular flexibility index (Phi) is 5.38. The van der Waals surface area contributed by atoms with Crippen LogP contribution in [0.1, 0.15) is 20.3 Å². The summed E-state index contributed by atoms with van der Waals surface area (Å²) < 4.78 is 10.2. The highest BCUT2D eigenvalue weighted by molar-refractivity contribution is 5.89. The van der Waals surface area contributed by atoms with Gasteiger partial charge in [0.25, 0.3) is 0 Å². The summed E-state index contributed by atoms with van der Waals surface area (Å²) in [5, 5.41) is 3.28. The zero-order valence-electron chi connectivity index (χ0n) is 10.7. The molecule has 0 amide bonds. The largest absolute Gasteiger partial charge is 0.466 e. The van der Waals surface area contributed by atoms with Crippen molar-refractivity contribution < 1.29 is 14.3 Å². The predicted octanol–water partition coefficient (Wildman–Crippen LogP) is 1.43. The van der Waals surface area contributed by atoms with Gasteiger partial charge in [0.1, 0.15) is 0 Å². The number of nitrogens with one attached hydrogen (secondary N) is 1. The molecule has 0 saturated carbocycles. The van der Waals surface area contributed by atoms with Crippen LogP contribution < -0.4 is 5.32 Å². The molecule has 2 rings (SSSR count). The van der Waals surface area contributed by atoms with Gasteiger partial charge in [-0.15, -0.1) is 6.58 Å². The van der Waals surface area contributed by atoms with E-state index in [2.05, 4.69) is 11.9 Å². The maximum atomic E-state index is 11.4. The van der Waals surface area contributed by atoms with Crippen LogP contribution in [0.3, 0.4) is 0 Å². The van der Waals surface area contributed by atoms with Crippen molar-refractivity contribution in [2.24, 2.45) is 0 Å². The first-order valence-electron chi connectivity index (χ1n) is 6.04. The third-order valence-electron chi connectivity index (χ3n) is 2.74. The Balaban J connectivity index is 0.000000686. The quantitative estimate of drug-likeness (QED) is 0.458. The molecule has 1 aliphatic heterocycles. The summed E-state index contributed by atoms with van der Waals surface area (Å²) in [5.74, 6) is -0.255. The highest BCUT2D eigenvalue weighted by Crippen LogP contribution is 2.31. The van der Waals surface area contributed by atoms with Crippen molar-refractivity contribution in [3.05, 3.63) is 24.3 Å². The second-order valence-corrected chi connectivity index (χ2v) is 3.77. The van der Waals surface area contributed by atoms with Crippen LogP contribution in [-0.2, 0) is 14.3 Å². The lowest BCUT2D eigenvalue weighted by molar-refractivity contribution is -0.136. The van der Waals surface area contributed by atoms with Gasteiger partial charge >= 0.3 is 5.97 Å². The Morgan fingerprint density at radius 3 is 2.94 bits per heavy atom. The number of carbonyl (C=O) groups is 1. The van der Waals surface area contributed by atoms with E-state index in [0.717, 1.165) is 6.42 Å². The van der Waals surface area contributed by atoms with Crippen molar-refractivity contribution in [2.75, 3.05) is 13.7 Å². The maximum Gasteiger partial charge on any atom is 0.333 e. The molecule has 3 atom stereocenters. The summed E-state index contributed by atoms with van der Waals surface area (Å²) in [7, 11) is 1.40. The van der Waals surface area contributed by atoms with E-state index in [9.17, 15) is 4.79 Å². The minimum absolute atomic E-state index is 0.0316. The van der Waals surface area contributed by atoms with Gasteiger partial charge in [0, 0.05) is 11.6 Å². The maximum absolute atomic E-state index is 11.4. The number of hydrogen-bond acceptors (Lipinski definition) is 4. The molecule has 1 heterocycles. The summed E-state index contributed by atoms with van der Waals surface area (Å²) in [6, 6.07) is 0.734. The van der Waals surface area contributed by atoms with E-state index in [4.69, 9.17) is 9.47 Å². The molecule has 0 aromatic rings. The Bertz CT molecular complexity index is 312. The summed E-state index contributed by atoms with van der Waals surface area (Å²) in [4.78, 5) is 11.4. The molecular formula is C13H21NO3. The summed E-state index contributed by atoms with van der Waals surface area (Å²) in [6.07, 6.45) is 4.27. The van der Waals surface area contributed by atoms with Gasteiger partial charge in [-0.05, 0) is 12.5 Å². The van der Waals surface area contributed by atoms with E-state index >= 15 is 0 Å². The lowest BCUT2D eigenvalue weighted by Crippen LogP contribution is -2.26. The molecule has 2 unspecified atom stereocenters. The van der Waals surface area contributed by atoms with Gasteiger partial charge in [-0.1, -0.05) is 19.9 Å². The fourth-order valence-electron chi connectivity index (χ4n) is 1.92. The minimum Gasteiger partial charge on any atom is -0.466 e. The third kappa shape index (κ3) is 3.41. The zero-order valence-corrected chi connectivity index (χ0v) is 10.7. The van der Waals surface area contributed by atoms with E-state index in [1.54, 1.807) is 6.08 Å². The normalized spacial score (nSPS) is 29.1. The van der Waals surface area contributed by atoms with Gasteiger partial charge in [0.2, 0.25) is 0 Å². The highest BCUT2D eigenvalue weighted by Gasteiger charge is 2.46. The van der Waals surface area contributed by atoms with E-state index in [-0.39, 0.29) is 12.1 Å². The second-order valence-electron chi connectivity index (χ2n) is 3.77. The SMILES string of the molecule is C=CCO[C@@H]1C=C(C(=O)OC)CC2NC21.CC. The Hall–Kier alpha value is -1.13. The van der Waals surface area contributed by atoms with E-state index in [1.165, 1.54) is 7.11 Å². The molecule has 1 N–H and O–H groups in total. The molecule has 96 valence electrons. The number of fused-ring (bicyclic) bond motifs is 1. The lowest BCUT2D eigenvalue weighted by Gasteiger charge is -2.17. The third-order valence-corrected chi connectivity index (χ3v) is 2.74. The van der Waals surface area contributed by atoms with Gasteiger partial charge in [-0.3, -0.25) is 0 Å². The van der Waals surface area contributed by atoms with Crippen molar-refractivity contribution in [3.8, 4) is 0 Å². The van der Waals surface area contributed by atoms with Crippen molar-refractivity contribution >= 4 is 5.97 Å². The molecule has 17 heavy (non-hydrogen) atoms. The standard InChI is InChI=1S/C11H15NO3.C2H6/c1-3-4-15-9-6-7(11(13)14-2)5-8-10(9)12-8;1-2/h3,6,8-10,12H,1,4-5H2,2H3;1-2H3/t8?,9-,10?;/m1./s1. The highest BCUT2D eigenvalue weighted by atomic mass is 16.5. The molecule has 0 aromatic carbocycles. The topological polar surface area (TPSA) is 57.5 Å². The molecule has 1 saturated heterocycles. The van der Waals surface area contributed by atoms with Crippen molar-refractivity contribution in [1.29, 1.82) is 0 Å². The van der Waals surface area contributed by atoms with Gasteiger partial charge in [0.15, 0.2) is 0 Å². The average Bonchev–Trinajstić information content (AvgIpc) is 3.16. The molecular weight excluding hydrogens is 218 g/mol. The molecule has 1 aliphatic carbocycles. The number of carbonyl (C=O) groups excluding carboxylic acids is 1. The van der Waals surface area contributed by atoms with Crippen molar-refractivity contribution in [2.45, 2.75) is 38.5 Å². The molecule has 1 fully saturated rings. The Labute approximate surface area is 103 Å². The fraction of sp³-hybridized carbons (Fsp3) is 0.615. The van der Waals surface area contributed by atoms with E-state index in [1.807, 2.05) is 19.9 Å². The number of rotatable bonds is 4. The second kappa shape index (κ2) is 6.57. The molecule has 0 bridgehead atoms. The number of hydrogen-bond donors (Lipinski definition) is 1. The van der Waals surface area contributed by atoms with Crippen molar-refractivity contribution in [3.63, 3.8) is 0 Å². The monoisotopic (exact) mass is 239 g/mol. The van der Waals surface area contributed by atoms with Crippen LogP contribution in [0.2, 0.25) is 0 Å². The van der Waals surface area contributed by atoms with E-state index in [0.29, 0.717) is 24.3 Å². The van der Waals surface area contributed by atoms with Crippen LogP contribution in [0.5, 0.6) is 0 Å². The van der Waals surface area contributed by atoms with Crippen LogP contribution in [0, 0.1) is 0 Å². The zero-order chi connectivity index (χ0) is 12.8.